The summed E-state index contributed by atoms with van der Waals surface area (Å²) in [6.07, 6.45) is 0. The van der Waals surface area contributed by atoms with E-state index in [1.807, 2.05) is 56.3 Å². The first-order chi connectivity index (χ1) is 11.5. The number of furan rings is 2. The van der Waals surface area contributed by atoms with Crippen LogP contribution in [-0.4, -0.2) is 13.1 Å². The van der Waals surface area contributed by atoms with E-state index in [4.69, 9.17) is 13.6 Å². The first-order valence-corrected chi connectivity index (χ1v) is 8.58. The van der Waals surface area contributed by atoms with Crippen LogP contribution in [0.4, 0.5) is 0 Å². The summed E-state index contributed by atoms with van der Waals surface area (Å²) in [4.78, 5) is 12.3. The van der Waals surface area contributed by atoms with Crippen molar-refractivity contribution in [3.63, 3.8) is 0 Å². The van der Waals surface area contributed by atoms with Gasteiger partial charge in [0.15, 0.2) is 0 Å². The monoisotopic (exact) mass is 436 g/mol. The maximum Gasteiger partial charge on any atom is 0.338 e. The van der Waals surface area contributed by atoms with Crippen molar-refractivity contribution in [2.24, 2.45) is 0 Å². The van der Waals surface area contributed by atoms with Gasteiger partial charge in [0.2, 0.25) is 0 Å². The van der Waals surface area contributed by atoms with Crippen molar-refractivity contribution in [1.82, 2.24) is 0 Å². The minimum Gasteiger partial charge on any atom is -0.465 e. The van der Waals surface area contributed by atoms with E-state index in [1.54, 1.807) is 0 Å². The largest absolute Gasteiger partial charge is 0.465 e. The first kappa shape index (κ1) is 16.8. The molecule has 3 aromatic rings. The number of halogens is 1. The zero-order valence-electron chi connectivity index (χ0n) is 13.6. The Labute approximate surface area is 153 Å². The van der Waals surface area contributed by atoms with Gasteiger partial charge in [0.05, 0.1) is 12.7 Å². The van der Waals surface area contributed by atoms with Gasteiger partial charge in [-0.05, 0) is 78.4 Å². The second-order valence-corrected chi connectivity index (χ2v) is 6.80. The quantitative estimate of drug-likeness (QED) is 0.424. The summed E-state index contributed by atoms with van der Waals surface area (Å²) in [7, 11) is 1.38. The van der Waals surface area contributed by atoms with E-state index < -0.39 is 0 Å². The van der Waals surface area contributed by atoms with Crippen LogP contribution < -0.4 is 0 Å². The fourth-order valence-corrected chi connectivity index (χ4v) is 3.22. The molecule has 0 aliphatic carbocycles. The maximum atomic E-state index is 12.3. The van der Waals surface area contributed by atoms with Crippen molar-refractivity contribution >= 4 is 28.6 Å². The van der Waals surface area contributed by atoms with Gasteiger partial charge in [-0.25, -0.2) is 4.79 Å². The lowest BCUT2D eigenvalue weighted by atomic mass is 9.90. The predicted octanol–water partition coefficient (Wildman–Crippen LogP) is 5.06. The van der Waals surface area contributed by atoms with Crippen molar-refractivity contribution in [3.8, 4) is 0 Å². The zero-order chi connectivity index (χ0) is 17.3. The lowest BCUT2D eigenvalue weighted by Crippen LogP contribution is -2.11. The van der Waals surface area contributed by atoms with Crippen LogP contribution in [0.5, 0.6) is 0 Å². The molecule has 0 atom stereocenters. The minimum atomic E-state index is -0.375. The Kier molecular flexibility index (Phi) is 4.80. The SMILES string of the molecule is COC(=O)c1cc(I)ccc1C(c1ccc(C)o1)c1ccc(C)o1. The molecule has 0 N–H and O–H groups in total. The summed E-state index contributed by atoms with van der Waals surface area (Å²) in [5.41, 5.74) is 1.31. The van der Waals surface area contributed by atoms with Crippen LogP contribution in [0.1, 0.15) is 44.9 Å². The molecule has 0 spiro atoms. The molecule has 0 fully saturated rings. The third-order valence-electron chi connectivity index (χ3n) is 3.82. The topological polar surface area (TPSA) is 52.6 Å². The Morgan fingerprint density at radius 1 is 1.00 bits per heavy atom. The molecule has 2 heterocycles. The van der Waals surface area contributed by atoms with Crippen molar-refractivity contribution in [2.45, 2.75) is 19.8 Å². The summed E-state index contributed by atoms with van der Waals surface area (Å²) in [5.74, 6) is 2.40. The molecule has 0 amide bonds. The van der Waals surface area contributed by atoms with Gasteiger partial charge in [0.25, 0.3) is 0 Å². The highest BCUT2D eigenvalue weighted by molar-refractivity contribution is 14.1. The molecule has 0 radical (unpaired) electrons. The number of carbonyl (C=O) groups excluding carboxylic acids is 1. The Hall–Kier alpha value is -2.02. The lowest BCUT2D eigenvalue weighted by Gasteiger charge is -2.16. The molecule has 2 aromatic heterocycles. The highest BCUT2D eigenvalue weighted by Gasteiger charge is 2.28. The molecule has 0 aliphatic rings. The molecule has 5 heteroatoms. The van der Waals surface area contributed by atoms with Crippen molar-refractivity contribution in [3.05, 3.63) is 80.2 Å². The van der Waals surface area contributed by atoms with Crippen molar-refractivity contribution < 1.29 is 18.4 Å². The molecule has 0 saturated carbocycles. The molecule has 0 saturated heterocycles. The second-order valence-electron chi connectivity index (χ2n) is 5.55. The van der Waals surface area contributed by atoms with Gasteiger partial charge in [0.1, 0.15) is 29.0 Å². The number of ether oxygens (including phenoxy) is 1. The van der Waals surface area contributed by atoms with Crippen LogP contribution in [0.2, 0.25) is 0 Å². The Balaban J connectivity index is 2.21. The van der Waals surface area contributed by atoms with Gasteiger partial charge in [-0.1, -0.05) is 6.07 Å². The Morgan fingerprint density at radius 2 is 1.58 bits per heavy atom. The molecule has 0 aliphatic heterocycles. The minimum absolute atomic E-state index is 0.307. The van der Waals surface area contributed by atoms with E-state index in [1.165, 1.54) is 7.11 Å². The molecular formula is C19H17IO4. The number of carbonyl (C=O) groups is 1. The molecule has 0 unspecified atom stereocenters. The van der Waals surface area contributed by atoms with Gasteiger partial charge in [-0.15, -0.1) is 0 Å². The van der Waals surface area contributed by atoms with Crippen LogP contribution in [0, 0.1) is 17.4 Å². The lowest BCUT2D eigenvalue weighted by molar-refractivity contribution is 0.0599. The first-order valence-electron chi connectivity index (χ1n) is 7.50. The fraction of sp³-hybridized carbons (Fsp3) is 0.211. The Bertz CT molecular complexity index is 835. The molecule has 1 aromatic carbocycles. The van der Waals surface area contributed by atoms with Crippen molar-refractivity contribution in [1.29, 1.82) is 0 Å². The van der Waals surface area contributed by atoms with E-state index in [9.17, 15) is 4.79 Å². The van der Waals surface area contributed by atoms with Crippen LogP contribution in [0.3, 0.4) is 0 Å². The third kappa shape index (κ3) is 3.26. The smallest absolute Gasteiger partial charge is 0.338 e. The van der Waals surface area contributed by atoms with Crippen molar-refractivity contribution in [2.75, 3.05) is 7.11 Å². The molecular weight excluding hydrogens is 419 g/mol. The number of esters is 1. The third-order valence-corrected chi connectivity index (χ3v) is 4.49. The number of hydrogen-bond acceptors (Lipinski definition) is 4. The zero-order valence-corrected chi connectivity index (χ0v) is 15.8. The summed E-state index contributed by atoms with van der Waals surface area (Å²) >= 11 is 2.18. The van der Waals surface area contributed by atoms with E-state index in [0.29, 0.717) is 5.56 Å². The van der Waals surface area contributed by atoms with Crippen LogP contribution in [0.15, 0.2) is 51.3 Å². The summed E-state index contributed by atoms with van der Waals surface area (Å²) in [5, 5.41) is 0. The average molecular weight is 436 g/mol. The number of hydrogen-bond donors (Lipinski definition) is 0. The molecule has 0 bridgehead atoms. The second kappa shape index (κ2) is 6.84. The van der Waals surface area contributed by atoms with E-state index in [0.717, 1.165) is 32.2 Å². The predicted molar refractivity (Wildman–Crippen MR) is 98.3 cm³/mol. The number of rotatable bonds is 4. The summed E-state index contributed by atoms with van der Waals surface area (Å²) < 4.78 is 17.6. The Morgan fingerprint density at radius 3 is 2.04 bits per heavy atom. The average Bonchev–Trinajstić information content (AvgIpc) is 3.17. The van der Waals surface area contributed by atoms with E-state index in [-0.39, 0.29) is 11.9 Å². The van der Waals surface area contributed by atoms with Gasteiger partial charge < -0.3 is 13.6 Å². The number of aryl methyl sites for hydroxylation is 2. The van der Waals surface area contributed by atoms with Crippen LogP contribution >= 0.6 is 22.6 Å². The molecule has 124 valence electrons. The van der Waals surface area contributed by atoms with Crippen LogP contribution in [0.25, 0.3) is 0 Å². The summed E-state index contributed by atoms with van der Waals surface area (Å²) in [6.45, 7) is 3.78. The van der Waals surface area contributed by atoms with Gasteiger partial charge in [-0.3, -0.25) is 0 Å². The number of methoxy groups -OCH3 is 1. The summed E-state index contributed by atoms with van der Waals surface area (Å²) in [6, 6.07) is 13.3. The molecule has 3 rings (SSSR count). The fourth-order valence-electron chi connectivity index (χ4n) is 2.73. The van der Waals surface area contributed by atoms with Gasteiger partial charge >= 0.3 is 5.97 Å². The highest BCUT2D eigenvalue weighted by atomic mass is 127. The molecule has 4 nitrogen and oxygen atoms in total. The van der Waals surface area contributed by atoms with Gasteiger partial charge in [-0.2, -0.15) is 0 Å². The number of benzene rings is 1. The standard InChI is InChI=1S/C19H17IO4/c1-11-4-8-16(23-11)18(17-9-5-12(2)24-17)14-7-6-13(20)10-15(14)19(21)22-3/h4-10,18H,1-3H3. The normalized spacial score (nSPS) is 11.0. The molecule has 24 heavy (non-hydrogen) atoms. The van der Waals surface area contributed by atoms with Gasteiger partial charge in [0, 0.05) is 3.57 Å². The van der Waals surface area contributed by atoms with E-state index >= 15 is 0 Å². The highest BCUT2D eigenvalue weighted by Crippen LogP contribution is 2.36. The van der Waals surface area contributed by atoms with Crippen LogP contribution in [-0.2, 0) is 4.74 Å². The van der Waals surface area contributed by atoms with E-state index in [2.05, 4.69) is 22.6 Å². The maximum absolute atomic E-state index is 12.3.